The highest BCUT2D eigenvalue weighted by atomic mass is 35.5. The van der Waals surface area contributed by atoms with Crippen LogP contribution in [0, 0.1) is 11.6 Å². The number of nitrogens with two attached hydrogens (primary N) is 1. The number of alkyl halides is 3. The van der Waals surface area contributed by atoms with Gasteiger partial charge in [0.05, 0.1) is 40.4 Å². The van der Waals surface area contributed by atoms with Gasteiger partial charge in [0.25, 0.3) is 5.91 Å². The van der Waals surface area contributed by atoms with E-state index in [1.165, 1.54) is 30.5 Å². The van der Waals surface area contributed by atoms with Crippen LogP contribution in [0.25, 0.3) is 27.9 Å². The number of aryl methyl sites for hydroxylation is 1. The molecular formula is C27H17ClF5N7O. The number of hydrogen-bond acceptors (Lipinski definition) is 5. The van der Waals surface area contributed by atoms with Gasteiger partial charge in [-0.15, -0.1) is 5.10 Å². The van der Waals surface area contributed by atoms with E-state index in [0.717, 1.165) is 10.2 Å². The number of amides is 1. The molecule has 6 rings (SSSR count). The molecule has 0 saturated carbocycles. The molecule has 1 atom stereocenters. The number of primary amides is 1. The van der Waals surface area contributed by atoms with Gasteiger partial charge < -0.3 is 5.73 Å². The van der Waals surface area contributed by atoms with Crippen molar-refractivity contribution in [2.45, 2.75) is 25.1 Å². The predicted molar refractivity (Wildman–Crippen MR) is 137 cm³/mol. The van der Waals surface area contributed by atoms with E-state index >= 15 is 4.39 Å². The van der Waals surface area contributed by atoms with Gasteiger partial charge in [-0.2, -0.15) is 18.3 Å². The summed E-state index contributed by atoms with van der Waals surface area (Å²) < 4.78 is 71.5. The molecule has 14 heteroatoms. The van der Waals surface area contributed by atoms with Gasteiger partial charge in [-0.05, 0) is 54.3 Å². The Hall–Kier alpha value is -4.65. The molecular weight excluding hydrogens is 569 g/mol. The molecule has 8 nitrogen and oxygen atoms in total. The topological polar surface area (TPSA) is 105 Å². The van der Waals surface area contributed by atoms with Crippen LogP contribution in [-0.4, -0.2) is 35.7 Å². The van der Waals surface area contributed by atoms with Crippen molar-refractivity contribution in [2.24, 2.45) is 5.73 Å². The molecule has 2 aromatic carbocycles. The monoisotopic (exact) mass is 585 g/mol. The number of benzene rings is 2. The fourth-order valence-electron chi connectivity index (χ4n) is 4.91. The third-order valence-corrected chi connectivity index (χ3v) is 7.18. The maximum absolute atomic E-state index is 15.3. The van der Waals surface area contributed by atoms with E-state index in [9.17, 15) is 22.4 Å². The van der Waals surface area contributed by atoms with Crippen LogP contribution in [0.1, 0.15) is 39.8 Å². The highest BCUT2D eigenvalue weighted by Gasteiger charge is 2.35. The second-order valence-corrected chi connectivity index (χ2v) is 9.80. The molecule has 0 bridgehead atoms. The van der Waals surface area contributed by atoms with Crippen molar-refractivity contribution in [3.63, 3.8) is 0 Å². The lowest BCUT2D eigenvalue weighted by atomic mass is 10.0. The zero-order valence-electron chi connectivity index (χ0n) is 20.7. The number of nitrogens with zero attached hydrogens (tertiary/aromatic N) is 6. The molecule has 0 radical (unpaired) electrons. The summed E-state index contributed by atoms with van der Waals surface area (Å²) in [5.41, 5.74) is 6.57. The van der Waals surface area contributed by atoms with E-state index in [-0.39, 0.29) is 27.9 Å². The number of aromatic nitrogens is 6. The van der Waals surface area contributed by atoms with Crippen molar-refractivity contribution in [3.8, 4) is 27.9 Å². The van der Waals surface area contributed by atoms with Crippen LogP contribution in [0.3, 0.4) is 0 Å². The SMILES string of the molecule is NC(=O)c1ccc(-c2cnn(C3CCc4cc(-c5c(-n6cc(C(F)(F)F)nn6)ccc(Cl)c5F)cnc43)c2)cc1F. The first-order valence-electron chi connectivity index (χ1n) is 12.1. The highest BCUT2D eigenvalue weighted by Crippen LogP contribution is 2.39. The van der Waals surface area contributed by atoms with Crippen LogP contribution < -0.4 is 5.73 Å². The van der Waals surface area contributed by atoms with E-state index in [2.05, 4.69) is 20.4 Å². The molecule has 5 aromatic rings. The van der Waals surface area contributed by atoms with Crippen molar-refractivity contribution in [2.75, 3.05) is 0 Å². The zero-order valence-corrected chi connectivity index (χ0v) is 21.5. The van der Waals surface area contributed by atoms with Crippen molar-refractivity contribution >= 4 is 17.5 Å². The fraction of sp³-hybridized carbons (Fsp3) is 0.148. The summed E-state index contributed by atoms with van der Waals surface area (Å²) in [4.78, 5) is 15.9. The van der Waals surface area contributed by atoms with E-state index in [0.29, 0.717) is 41.4 Å². The Kier molecular flexibility index (Phi) is 6.33. The summed E-state index contributed by atoms with van der Waals surface area (Å²) >= 11 is 6.03. The molecule has 1 unspecified atom stereocenters. The number of carbonyl (C=O) groups excluding carboxylic acids is 1. The molecule has 3 aromatic heterocycles. The van der Waals surface area contributed by atoms with Crippen molar-refractivity contribution < 1.29 is 26.7 Å². The minimum absolute atomic E-state index is 0.0116. The van der Waals surface area contributed by atoms with Crippen molar-refractivity contribution in [1.82, 2.24) is 29.8 Å². The van der Waals surface area contributed by atoms with Crippen LogP contribution in [0.4, 0.5) is 22.0 Å². The molecule has 1 amide bonds. The Bertz CT molecular complexity index is 1830. The summed E-state index contributed by atoms with van der Waals surface area (Å²) in [6.07, 6.45) is 1.84. The fourth-order valence-corrected chi connectivity index (χ4v) is 5.07. The van der Waals surface area contributed by atoms with Gasteiger partial charge in [0.15, 0.2) is 11.5 Å². The lowest BCUT2D eigenvalue weighted by Crippen LogP contribution is -2.12. The molecule has 3 heterocycles. The maximum atomic E-state index is 15.3. The minimum Gasteiger partial charge on any atom is -0.366 e. The van der Waals surface area contributed by atoms with Crippen LogP contribution >= 0.6 is 11.6 Å². The van der Waals surface area contributed by atoms with Gasteiger partial charge in [-0.3, -0.25) is 14.5 Å². The van der Waals surface area contributed by atoms with Crippen LogP contribution in [0.2, 0.25) is 5.02 Å². The Balaban J connectivity index is 1.34. The number of halogens is 6. The Morgan fingerprint density at radius 2 is 1.83 bits per heavy atom. The third kappa shape index (κ3) is 4.71. The first kappa shape index (κ1) is 26.6. The molecule has 41 heavy (non-hydrogen) atoms. The van der Waals surface area contributed by atoms with Gasteiger partial charge in [0, 0.05) is 29.1 Å². The van der Waals surface area contributed by atoms with E-state index in [4.69, 9.17) is 17.3 Å². The Morgan fingerprint density at radius 1 is 1.02 bits per heavy atom. The van der Waals surface area contributed by atoms with E-state index < -0.39 is 29.4 Å². The first-order valence-corrected chi connectivity index (χ1v) is 12.5. The van der Waals surface area contributed by atoms with Gasteiger partial charge in [0.1, 0.15) is 5.82 Å². The van der Waals surface area contributed by atoms with E-state index in [1.807, 2.05) is 0 Å². The normalized spacial score (nSPS) is 14.8. The molecule has 0 aliphatic heterocycles. The molecule has 1 aliphatic carbocycles. The summed E-state index contributed by atoms with van der Waals surface area (Å²) in [5.74, 6) is -2.44. The average Bonchev–Trinajstić information content (AvgIpc) is 3.68. The average molecular weight is 586 g/mol. The van der Waals surface area contributed by atoms with Crippen LogP contribution in [0.5, 0.6) is 0 Å². The molecule has 1 aliphatic rings. The zero-order chi connectivity index (χ0) is 29.1. The van der Waals surface area contributed by atoms with Gasteiger partial charge in [0.2, 0.25) is 0 Å². The summed E-state index contributed by atoms with van der Waals surface area (Å²) in [6.45, 7) is 0. The number of fused-ring (bicyclic) bond motifs is 1. The lowest BCUT2D eigenvalue weighted by Gasteiger charge is -2.14. The highest BCUT2D eigenvalue weighted by molar-refractivity contribution is 6.31. The van der Waals surface area contributed by atoms with E-state index in [1.54, 1.807) is 29.2 Å². The molecule has 0 fully saturated rings. The number of hydrogen-bond donors (Lipinski definition) is 1. The maximum Gasteiger partial charge on any atom is 0.436 e. The van der Waals surface area contributed by atoms with Crippen molar-refractivity contribution in [3.05, 3.63) is 100 Å². The predicted octanol–water partition coefficient (Wildman–Crippen LogP) is 5.78. The number of pyridine rings is 1. The lowest BCUT2D eigenvalue weighted by molar-refractivity contribution is -0.141. The van der Waals surface area contributed by atoms with Gasteiger partial charge in [-0.25, -0.2) is 13.5 Å². The Labute approximate surface area is 233 Å². The summed E-state index contributed by atoms with van der Waals surface area (Å²) in [6, 6.07) is 8.12. The molecule has 0 spiro atoms. The molecule has 2 N–H and O–H groups in total. The number of carbonyl (C=O) groups is 1. The van der Waals surface area contributed by atoms with Crippen molar-refractivity contribution in [1.29, 1.82) is 0 Å². The first-order chi connectivity index (χ1) is 19.5. The van der Waals surface area contributed by atoms with Crippen LogP contribution in [-0.2, 0) is 12.6 Å². The molecule has 0 saturated heterocycles. The second-order valence-electron chi connectivity index (χ2n) is 9.39. The Morgan fingerprint density at radius 3 is 2.54 bits per heavy atom. The van der Waals surface area contributed by atoms with Gasteiger partial charge >= 0.3 is 6.18 Å². The second kappa shape index (κ2) is 9.77. The summed E-state index contributed by atoms with van der Waals surface area (Å²) in [5, 5.41) is 10.9. The third-order valence-electron chi connectivity index (χ3n) is 6.89. The standard InChI is InChI=1S/C27H17ClF5N7O/c28-18-4-6-20(40-12-22(37-38-40)27(31,32)33)23(24(18)30)15-7-14-2-5-21(25(14)35-9-15)39-11-16(10-36-39)13-1-3-17(26(34)41)19(29)8-13/h1,3-4,6-12,21H,2,5H2,(H2,34,41). The largest absolute Gasteiger partial charge is 0.436 e. The minimum atomic E-state index is -4.72. The summed E-state index contributed by atoms with van der Waals surface area (Å²) in [7, 11) is 0. The molecule has 208 valence electrons. The smallest absolute Gasteiger partial charge is 0.366 e. The quantitative estimate of drug-likeness (QED) is 0.263. The van der Waals surface area contributed by atoms with Crippen LogP contribution in [0.15, 0.2) is 61.2 Å². The van der Waals surface area contributed by atoms with Gasteiger partial charge in [-0.1, -0.05) is 22.9 Å². The number of rotatable bonds is 5.